The van der Waals surface area contributed by atoms with Crippen LogP contribution in [0.3, 0.4) is 0 Å². The molecule has 0 aliphatic carbocycles. The minimum Gasteiger partial charge on any atom is -0.130 e. The van der Waals surface area contributed by atoms with E-state index in [9.17, 15) is 0 Å². The summed E-state index contributed by atoms with van der Waals surface area (Å²) in [5.74, 6) is 0. The van der Waals surface area contributed by atoms with Crippen LogP contribution in [0.1, 0.15) is 41.5 Å². The van der Waals surface area contributed by atoms with E-state index < -0.39 is 0 Å². The second-order valence-electron chi connectivity index (χ2n) is 1.52. The molecule has 0 N–H and O–H groups in total. The van der Waals surface area contributed by atoms with Crippen molar-refractivity contribution < 1.29 is 0 Å². The van der Waals surface area contributed by atoms with Gasteiger partial charge in [-0.25, -0.2) is 0 Å². The van der Waals surface area contributed by atoms with E-state index >= 15 is 0 Å². The average molecular weight is 214 g/mol. The Morgan fingerprint density at radius 1 is 0.714 bits per heavy atom. The van der Waals surface area contributed by atoms with Crippen molar-refractivity contribution in [2.24, 2.45) is 0 Å². The Kier molecular flexibility index (Phi) is 31.4. The van der Waals surface area contributed by atoms with Gasteiger partial charge in [-0.2, -0.15) is 0 Å². The van der Waals surface area contributed by atoms with Gasteiger partial charge in [0.15, 0.2) is 0 Å². The number of hydrogen-bond donors (Lipinski definition) is 0. The molecule has 0 amide bonds. The third-order valence-corrected chi connectivity index (χ3v) is 1.72. The van der Waals surface area contributed by atoms with Crippen LogP contribution < -0.4 is 0 Å². The fourth-order valence-electron chi connectivity index (χ4n) is 0.557. The maximum atomic E-state index is 2.10. The Morgan fingerprint density at radius 2 is 1.07 bits per heavy atom. The molecule has 0 spiro atoms. The highest BCUT2D eigenvalue weighted by Gasteiger charge is 1.80. The molecule has 0 saturated carbocycles. The quantitative estimate of drug-likeness (QED) is 0.557. The van der Waals surface area contributed by atoms with Gasteiger partial charge in [-0.3, -0.25) is 0 Å². The van der Waals surface area contributed by atoms with Gasteiger partial charge in [0.2, 0.25) is 0 Å². The van der Waals surface area contributed by atoms with Gasteiger partial charge < -0.3 is 0 Å². The first-order valence-electron chi connectivity index (χ1n) is 5.52. The molecule has 0 radical (unpaired) electrons. The molecule has 1 rings (SSSR count). The maximum Gasteiger partial charge on any atom is 0.00691 e. The maximum absolute atomic E-state index is 2.10. The minimum absolute atomic E-state index is 1.33. The van der Waals surface area contributed by atoms with E-state index in [2.05, 4.69) is 18.4 Å². The fraction of sp³-hybridized carbons (Fsp3) is 0.538. The van der Waals surface area contributed by atoms with Crippen LogP contribution in [0, 0.1) is 0 Å². The van der Waals surface area contributed by atoms with Crippen LogP contribution in [-0.2, 0) is 0 Å². The zero-order valence-corrected chi connectivity index (χ0v) is 11.6. The highest BCUT2D eigenvalue weighted by molar-refractivity contribution is 7.98. The molecule has 0 atom stereocenters. The SMILES string of the molecule is CC.CC.CC.CSc1ccccc1. The normalized spacial score (nSPS) is 6.50. The molecule has 14 heavy (non-hydrogen) atoms. The summed E-state index contributed by atoms with van der Waals surface area (Å²) < 4.78 is 0. The zero-order chi connectivity index (χ0) is 11.8. The zero-order valence-electron chi connectivity index (χ0n) is 10.8. The third-order valence-electron chi connectivity index (χ3n) is 0.979. The molecule has 1 aromatic rings. The monoisotopic (exact) mass is 214 g/mol. The molecule has 0 fully saturated rings. The second-order valence-corrected chi connectivity index (χ2v) is 2.40. The van der Waals surface area contributed by atoms with Gasteiger partial charge in [0, 0.05) is 4.90 Å². The van der Waals surface area contributed by atoms with Gasteiger partial charge in [0.05, 0.1) is 0 Å². The molecule has 0 aliphatic rings. The van der Waals surface area contributed by atoms with E-state index in [-0.39, 0.29) is 0 Å². The predicted molar refractivity (Wildman–Crippen MR) is 72.3 cm³/mol. The summed E-state index contributed by atoms with van der Waals surface area (Å²) in [5, 5.41) is 0. The van der Waals surface area contributed by atoms with Gasteiger partial charge in [0.1, 0.15) is 0 Å². The first-order valence-corrected chi connectivity index (χ1v) is 6.75. The third kappa shape index (κ3) is 14.1. The van der Waals surface area contributed by atoms with Crippen LogP contribution in [0.5, 0.6) is 0 Å². The fourth-order valence-corrected chi connectivity index (χ4v) is 0.986. The lowest BCUT2D eigenvalue weighted by molar-refractivity contribution is 1.47. The lowest BCUT2D eigenvalue weighted by Crippen LogP contribution is -1.62. The molecule has 0 nitrogen and oxygen atoms in total. The van der Waals surface area contributed by atoms with Crippen LogP contribution in [0.25, 0.3) is 0 Å². The Hall–Kier alpha value is -0.430. The number of thioether (sulfide) groups is 1. The summed E-state index contributed by atoms with van der Waals surface area (Å²) in [7, 11) is 0. The summed E-state index contributed by atoms with van der Waals surface area (Å²) in [6.07, 6.45) is 2.08. The molecule has 84 valence electrons. The van der Waals surface area contributed by atoms with E-state index in [4.69, 9.17) is 0 Å². The Labute approximate surface area is 95.1 Å². The van der Waals surface area contributed by atoms with Crippen molar-refractivity contribution in [3.8, 4) is 0 Å². The minimum atomic E-state index is 1.33. The predicted octanol–water partition coefficient (Wildman–Crippen LogP) is 5.49. The van der Waals surface area contributed by atoms with Gasteiger partial charge in [0.25, 0.3) is 0 Å². The molecule has 0 unspecified atom stereocenters. The van der Waals surface area contributed by atoms with Crippen LogP contribution >= 0.6 is 11.8 Å². The summed E-state index contributed by atoms with van der Waals surface area (Å²) in [6, 6.07) is 10.3. The standard InChI is InChI=1S/C7H8S.3C2H6/c1-8-7-5-3-2-4-6-7;3*1-2/h2-6H,1H3;3*1-2H3. The van der Waals surface area contributed by atoms with E-state index in [0.717, 1.165) is 0 Å². The first-order chi connectivity index (χ1) is 6.93. The van der Waals surface area contributed by atoms with Crippen molar-refractivity contribution in [2.45, 2.75) is 46.4 Å². The Morgan fingerprint density at radius 3 is 1.29 bits per heavy atom. The van der Waals surface area contributed by atoms with Gasteiger partial charge >= 0.3 is 0 Å². The van der Waals surface area contributed by atoms with Crippen molar-refractivity contribution in [3.63, 3.8) is 0 Å². The van der Waals surface area contributed by atoms with E-state index in [1.54, 1.807) is 11.8 Å². The van der Waals surface area contributed by atoms with Crippen molar-refractivity contribution in [2.75, 3.05) is 6.26 Å². The highest BCUT2D eigenvalue weighted by Crippen LogP contribution is 2.11. The van der Waals surface area contributed by atoms with Crippen molar-refractivity contribution in [1.29, 1.82) is 0 Å². The summed E-state index contributed by atoms with van der Waals surface area (Å²) in [6.45, 7) is 12.0. The number of rotatable bonds is 1. The van der Waals surface area contributed by atoms with Crippen LogP contribution in [0.15, 0.2) is 35.2 Å². The van der Waals surface area contributed by atoms with E-state index in [1.807, 2.05) is 59.7 Å². The summed E-state index contributed by atoms with van der Waals surface area (Å²) in [5.41, 5.74) is 0. The average Bonchev–Trinajstić information content (AvgIpc) is 2.37. The highest BCUT2D eigenvalue weighted by atomic mass is 32.2. The molecule has 1 heteroatoms. The van der Waals surface area contributed by atoms with Gasteiger partial charge in [-0.15, -0.1) is 11.8 Å². The molecule has 0 bridgehead atoms. The Bertz CT molecular complexity index is 147. The van der Waals surface area contributed by atoms with Gasteiger partial charge in [-0.1, -0.05) is 59.7 Å². The first kappa shape index (κ1) is 19.2. The molecule has 0 saturated heterocycles. The largest absolute Gasteiger partial charge is 0.130 e. The molecule has 0 heterocycles. The summed E-state index contributed by atoms with van der Waals surface area (Å²) in [4.78, 5) is 1.33. The van der Waals surface area contributed by atoms with Crippen molar-refractivity contribution in [3.05, 3.63) is 30.3 Å². The van der Waals surface area contributed by atoms with Gasteiger partial charge in [-0.05, 0) is 18.4 Å². The molecular weight excluding hydrogens is 188 g/mol. The topological polar surface area (TPSA) is 0 Å². The van der Waals surface area contributed by atoms with E-state index in [1.165, 1.54) is 4.90 Å². The van der Waals surface area contributed by atoms with Crippen LogP contribution in [0.4, 0.5) is 0 Å². The van der Waals surface area contributed by atoms with Crippen molar-refractivity contribution in [1.82, 2.24) is 0 Å². The van der Waals surface area contributed by atoms with Crippen LogP contribution in [0.2, 0.25) is 0 Å². The lowest BCUT2D eigenvalue weighted by Gasteiger charge is -1.89. The molecular formula is C13H26S. The molecule has 0 aliphatic heterocycles. The number of benzene rings is 1. The van der Waals surface area contributed by atoms with E-state index in [0.29, 0.717) is 0 Å². The molecule has 1 aromatic carbocycles. The summed E-state index contributed by atoms with van der Waals surface area (Å²) >= 11 is 1.77. The van der Waals surface area contributed by atoms with Crippen LogP contribution in [-0.4, -0.2) is 6.26 Å². The smallest absolute Gasteiger partial charge is 0.00691 e. The number of hydrogen-bond acceptors (Lipinski definition) is 1. The second kappa shape index (κ2) is 22.9. The Balaban J connectivity index is -0.000000174. The van der Waals surface area contributed by atoms with Crippen molar-refractivity contribution >= 4 is 11.8 Å². The molecule has 0 aromatic heterocycles. The lowest BCUT2D eigenvalue weighted by atomic mass is 10.4.